The molecular weight excluding hydrogens is 460 g/mol. The maximum absolute atomic E-state index is 12.1. The number of carbonyl (C=O) groups is 4. The van der Waals surface area contributed by atoms with Gasteiger partial charge in [0.15, 0.2) is 5.78 Å². The number of Topliss-reactive ketones (excluding diaryl/α,β-unsaturated/α-hetero) is 1. The highest BCUT2D eigenvalue weighted by molar-refractivity contribution is 5.98. The Kier molecular flexibility index (Phi) is 11.6. The summed E-state index contributed by atoms with van der Waals surface area (Å²) in [6.07, 6.45) is 3.24. The van der Waals surface area contributed by atoms with Gasteiger partial charge in [0.25, 0.3) is 5.91 Å². The van der Waals surface area contributed by atoms with Crippen LogP contribution in [0.4, 0.5) is 4.79 Å². The molecule has 194 valence electrons. The third-order valence-corrected chi connectivity index (χ3v) is 6.10. The van der Waals surface area contributed by atoms with Crippen LogP contribution in [-0.2, 0) is 4.79 Å². The van der Waals surface area contributed by atoms with Gasteiger partial charge in [0, 0.05) is 30.1 Å². The van der Waals surface area contributed by atoms with Crippen LogP contribution in [0.2, 0.25) is 0 Å². The molecule has 1 saturated heterocycles. The van der Waals surface area contributed by atoms with E-state index in [-0.39, 0.29) is 17.6 Å². The number of nitrogens with one attached hydrogen (secondary N) is 1. The van der Waals surface area contributed by atoms with E-state index in [0.29, 0.717) is 50.9 Å². The average Bonchev–Trinajstić information content (AvgIpc) is 2.89. The smallest absolute Gasteiger partial charge is 0.326 e. The number of likely N-dealkylation sites (tertiary alicyclic amines) is 1. The maximum atomic E-state index is 12.1. The zero-order valence-corrected chi connectivity index (χ0v) is 20.7. The van der Waals surface area contributed by atoms with Gasteiger partial charge in [-0.2, -0.15) is 0 Å². The molecule has 6 N–H and O–H groups in total. The topological polar surface area (TPSA) is 156 Å². The van der Waals surface area contributed by atoms with Crippen LogP contribution in [0.5, 0.6) is 0 Å². The number of aryl methyl sites for hydroxylation is 1. The molecule has 0 saturated carbocycles. The van der Waals surface area contributed by atoms with Gasteiger partial charge in [-0.05, 0) is 57.7 Å². The molecule has 9 nitrogen and oxygen atoms in total. The Morgan fingerprint density at radius 2 is 1.58 bits per heavy atom. The van der Waals surface area contributed by atoms with Crippen LogP contribution in [0.25, 0.3) is 0 Å². The molecule has 0 spiro atoms. The number of nitrogens with zero attached hydrogens (tertiary/aromatic N) is 1. The molecule has 2 aromatic rings. The zero-order chi connectivity index (χ0) is 26.5. The van der Waals surface area contributed by atoms with Gasteiger partial charge in [-0.15, -0.1) is 0 Å². The number of ketones is 1. The van der Waals surface area contributed by atoms with Crippen molar-refractivity contribution < 1.29 is 24.3 Å². The highest BCUT2D eigenvalue weighted by Gasteiger charge is 2.26. The van der Waals surface area contributed by atoms with E-state index in [1.807, 2.05) is 49.4 Å². The monoisotopic (exact) mass is 496 g/mol. The summed E-state index contributed by atoms with van der Waals surface area (Å²) in [5.74, 6) is -1.18. The number of amides is 3. The number of aliphatic carboxylic acids is 1. The SMILES string of the molecule is Cc1ccc(C(=O)N[C@@H](CCCCN)C(=O)O)cc1.NC(=O)N1CCC(C(=O)c2ccccc2)CC1. The third-order valence-electron chi connectivity index (χ3n) is 6.10. The lowest BCUT2D eigenvalue weighted by Crippen LogP contribution is -2.43. The molecule has 0 aromatic heterocycles. The first-order valence-corrected chi connectivity index (χ1v) is 12.2. The molecule has 2 aromatic carbocycles. The molecule has 3 rings (SSSR count). The Hall–Kier alpha value is -3.72. The Morgan fingerprint density at radius 3 is 2.11 bits per heavy atom. The predicted molar refractivity (Wildman–Crippen MR) is 138 cm³/mol. The lowest BCUT2D eigenvalue weighted by molar-refractivity contribution is -0.139. The minimum Gasteiger partial charge on any atom is -0.480 e. The third kappa shape index (κ3) is 9.14. The van der Waals surface area contributed by atoms with E-state index < -0.39 is 18.0 Å². The average molecular weight is 497 g/mol. The van der Waals surface area contributed by atoms with Crippen molar-refractivity contribution in [2.45, 2.75) is 45.1 Å². The molecule has 1 aliphatic heterocycles. The van der Waals surface area contributed by atoms with Crippen LogP contribution in [0.15, 0.2) is 54.6 Å². The number of unbranched alkanes of at least 4 members (excludes halogenated alkanes) is 1. The Bertz CT molecular complexity index is 1000. The summed E-state index contributed by atoms with van der Waals surface area (Å²) >= 11 is 0. The Labute approximate surface area is 211 Å². The minimum atomic E-state index is -1.02. The number of urea groups is 1. The van der Waals surface area contributed by atoms with Gasteiger partial charge >= 0.3 is 12.0 Å². The quantitative estimate of drug-likeness (QED) is 0.309. The summed E-state index contributed by atoms with van der Waals surface area (Å²) < 4.78 is 0. The van der Waals surface area contributed by atoms with Gasteiger partial charge in [0.05, 0.1) is 0 Å². The highest BCUT2D eigenvalue weighted by Crippen LogP contribution is 2.21. The molecule has 0 radical (unpaired) electrons. The number of primary amides is 1. The summed E-state index contributed by atoms with van der Waals surface area (Å²) in [5.41, 5.74) is 12.8. The van der Waals surface area contributed by atoms with Gasteiger partial charge in [0.1, 0.15) is 6.04 Å². The number of benzene rings is 2. The Balaban J connectivity index is 0.000000255. The van der Waals surface area contributed by atoms with Crippen LogP contribution < -0.4 is 16.8 Å². The second-order valence-electron chi connectivity index (χ2n) is 8.84. The predicted octanol–water partition coefficient (Wildman–Crippen LogP) is 2.97. The molecule has 0 bridgehead atoms. The second kappa shape index (κ2) is 14.6. The maximum Gasteiger partial charge on any atom is 0.326 e. The molecule has 0 unspecified atom stereocenters. The first-order chi connectivity index (χ1) is 17.2. The molecule has 3 amide bonds. The first kappa shape index (κ1) is 28.5. The van der Waals surface area contributed by atoms with Crippen molar-refractivity contribution in [3.63, 3.8) is 0 Å². The molecule has 0 aliphatic carbocycles. The fourth-order valence-electron chi connectivity index (χ4n) is 3.90. The van der Waals surface area contributed by atoms with Crippen molar-refractivity contribution in [1.29, 1.82) is 0 Å². The summed E-state index contributed by atoms with van der Waals surface area (Å²) in [4.78, 5) is 47.7. The molecule has 1 aliphatic rings. The summed E-state index contributed by atoms with van der Waals surface area (Å²) in [7, 11) is 0. The normalized spacial score (nSPS) is 14.2. The Morgan fingerprint density at radius 1 is 0.972 bits per heavy atom. The largest absolute Gasteiger partial charge is 0.480 e. The van der Waals surface area contributed by atoms with Crippen molar-refractivity contribution in [2.24, 2.45) is 17.4 Å². The van der Waals surface area contributed by atoms with E-state index in [9.17, 15) is 19.2 Å². The van der Waals surface area contributed by atoms with Crippen LogP contribution in [0, 0.1) is 12.8 Å². The van der Waals surface area contributed by atoms with Crippen molar-refractivity contribution >= 4 is 23.7 Å². The highest BCUT2D eigenvalue weighted by atomic mass is 16.4. The van der Waals surface area contributed by atoms with Gasteiger partial charge in [0.2, 0.25) is 0 Å². The van der Waals surface area contributed by atoms with Crippen LogP contribution in [-0.4, -0.2) is 59.4 Å². The summed E-state index contributed by atoms with van der Waals surface area (Å²) in [6.45, 7) is 3.62. The molecule has 1 heterocycles. The minimum absolute atomic E-state index is 0.0213. The van der Waals surface area contributed by atoms with E-state index in [1.54, 1.807) is 17.0 Å². The van der Waals surface area contributed by atoms with Gasteiger partial charge in [-0.1, -0.05) is 48.0 Å². The van der Waals surface area contributed by atoms with Crippen molar-refractivity contribution in [2.75, 3.05) is 19.6 Å². The number of nitrogens with two attached hydrogens (primary N) is 2. The zero-order valence-electron chi connectivity index (χ0n) is 20.7. The van der Waals surface area contributed by atoms with Crippen LogP contribution in [0.1, 0.15) is 58.4 Å². The molecule has 1 atom stereocenters. The van der Waals surface area contributed by atoms with E-state index in [1.165, 1.54) is 0 Å². The van der Waals surface area contributed by atoms with E-state index >= 15 is 0 Å². The standard InChI is InChI=1S/C14H20N2O3.C13H16N2O2/c1-10-5-7-11(8-6-10)13(17)16-12(14(18)19)4-2-3-9-15;14-13(17)15-8-6-11(7-9-15)12(16)10-4-2-1-3-5-10/h5-8,12H,2-4,9,15H2,1H3,(H,16,17)(H,18,19);1-5,11H,6-9H2,(H2,14,17)/t12-;/m0./s1. The number of piperidine rings is 1. The summed E-state index contributed by atoms with van der Waals surface area (Å²) in [5, 5.41) is 11.6. The fraction of sp³-hybridized carbons (Fsp3) is 0.407. The summed E-state index contributed by atoms with van der Waals surface area (Å²) in [6, 6.07) is 15.1. The van der Waals surface area contributed by atoms with Crippen LogP contribution >= 0.6 is 0 Å². The first-order valence-electron chi connectivity index (χ1n) is 12.2. The fourth-order valence-corrected chi connectivity index (χ4v) is 3.90. The van der Waals surface area contributed by atoms with Gasteiger partial charge < -0.3 is 26.8 Å². The van der Waals surface area contributed by atoms with Gasteiger partial charge in [-0.3, -0.25) is 9.59 Å². The number of hydrogen-bond acceptors (Lipinski definition) is 5. The molecular formula is C27H36N4O5. The number of carboxylic acids is 1. The molecule has 36 heavy (non-hydrogen) atoms. The van der Waals surface area contributed by atoms with Crippen molar-refractivity contribution in [3.05, 3.63) is 71.3 Å². The van der Waals surface area contributed by atoms with Crippen molar-refractivity contribution in [3.8, 4) is 0 Å². The molecule has 1 fully saturated rings. The van der Waals surface area contributed by atoms with Crippen LogP contribution in [0.3, 0.4) is 0 Å². The number of rotatable bonds is 9. The number of carboxylic acid groups (broad SMARTS) is 1. The lowest BCUT2D eigenvalue weighted by Gasteiger charge is -2.29. The van der Waals surface area contributed by atoms with Gasteiger partial charge in [-0.25, -0.2) is 9.59 Å². The second-order valence-corrected chi connectivity index (χ2v) is 8.84. The molecule has 9 heteroatoms. The van der Waals surface area contributed by atoms with E-state index in [4.69, 9.17) is 16.6 Å². The van der Waals surface area contributed by atoms with E-state index in [0.717, 1.165) is 17.5 Å². The number of carbonyl (C=O) groups excluding carboxylic acids is 3. The van der Waals surface area contributed by atoms with E-state index in [2.05, 4.69) is 5.32 Å². The lowest BCUT2D eigenvalue weighted by atomic mass is 9.89. The number of hydrogen-bond donors (Lipinski definition) is 4. The van der Waals surface area contributed by atoms with Crippen molar-refractivity contribution in [1.82, 2.24) is 10.2 Å².